The zero-order valence-electron chi connectivity index (χ0n) is 24.3. The van der Waals surface area contributed by atoms with Gasteiger partial charge in [0.05, 0.1) is 11.4 Å². The van der Waals surface area contributed by atoms with Gasteiger partial charge < -0.3 is 24.1 Å². The first-order chi connectivity index (χ1) is 18.4. The van der Waals surface area contributed by atoms with E-state index in [1.165, 1.54) is 0 Å². The molecule has 1 amide bonds. The lowest BCUT2D eigenvalue weighted by Crippen LogP contribution is -2.47. The lowest BCUT2D eigenvalue weighted by Gasteiger charge is -2.34. The van der Waals surface area contributed by atoms with Crippen LogP contribution in [0.3, 0.4) is 0 Å². The Kier molecular flexibility index (Phi) is 12.4. The van der Waals surface area contributed by atoms with E-state index in [2.05, 4.69) is 36.9 Å². The van der Waals surface area contributed by atoms with Crippen LogP contribution in [0, 0.1) is 0 Å². The standard InChI is InChI=1S/C25H38ClN3O4Si.C3H7NO/c1-7-31-34(32-8-2,33-9-3)17-11-16-28-22-15-14-19(26)18-21(22)27-29(28)23-13-10-12-20(24(23)30)25(4,5)6;1-2-3(4)5/h10,12-15,18,27,30H,7-9,11,16-17H2,1-6H3;2H2,1H3,(H2,4,5). The number of anilines is 3. The van der Waals surface area contributed by atoms with Crippen molar-refractivity contribution in [1.82, 2.24) is 0 Å². The molecule has 0 spiro atoms. The summed E-state index contributed by atoms with van der Waals surface area (Å²) in [6.07, 6.45) is 1.23. The van der Waals surface area contributed by atoms with Crippen LogP contribution in [0.2, 0.25) is 11.1 Å². The molecule has 1 aliphatic heterocycles. The number of hydrazine groups is 2. The van der Waals surface area contributed by atoms with Crippen molar-refractivity contribution >= 4 is 43.4 Å². The highest BCUT2D eigenvalue weighted by Gasteiger charge is 2.40. The van der Waals surface area contributed by atoms with E-state index in [0.717, 1.165) is 23.4 Å². The van der Waals surface area contributed by atoms with E-state index in [1.54, 1.807) is 6.92 Å². The second kappa shape index (κ2) is 14.8. The van der Waals surface area contributed by atoms with Crippen molar-refractivity contribution in [3.63, 3.8) is 0 Å². The Morgan fingerprint density at radius 1 is 1.03 bits per heavy atom. The summed E-state index contributed by atoms with van der Waals surface area (Å²) in [5.74, 6) is 0.0121. The molecule has 3 rings (SSSR count). The maximum atomic E-state index is 11.2. The molecular weight excluding hydrogens is 536 g/mol. The van der Waals surface area contributed by atoms with Gasteiger partial charge in [-0.15, -0.1) is 0 Å². The number of para-hydroxylation sites is 1. The van der Waals surface area contributed by atoms with Crippen LogP contribution < -0.4 is 21.3 Å². The molecule has 0 radical (unpaired) electrons. The first-order valence-electron chi connectivity index (χ1n) is 13.6. The van der Waals surface area contributed by atoms with E-state index in [4.69, 9.17) is 24.9 Å². The molecule has 218 valence electrons. The number of primary amides is 1. The number of hydrogen-bond acceptors (Lipinski definition) is 8. The molecule has 9 nitrogen and oxygen atoms in total. The van der Waals surface area contributed by atoms with Crippen LogP contribution in [0.25, 0.3) is 0 Å². The molecular formula is C28H45ClN4O5Si. The third-order valence-corrected chi connectivity index (χ3v) is 9.44. The third-order valence-electron chi connectivity index (χ3n) is 6.05. The average molecular weight is 581 g/mol. The fourth-order valence-corrected chi connectivity index (χ4v) is 7.04. The maximum absolute atomic E-state index is 11.2. The van der Waals surface area contributed by atoms with Gasteiger partial charge in [-0.1, -0.05) is 51.4 Å². The van der Waals surface area contributed by atoms with E-state index >= 15 is 0 Å². The zero-order chi connectivity index (χ0) is 29.2. The summed E-state index contributed by atoms with van der Waals surface area (Å²) >= 11 is 6.28. The minimum atomic E-state index is -2.75. The van der Waals surface area contributed by atoms with Gasteiger partial charge in [-0.05, 0) is 56.9 Å². The second-order valence-corrected chi connectivity index (χ2v) is 13.2. The number of carbonyl (C=O) groups is 1. The first-order valence-corrected chi connectivity index (χ1v) is 15.9. The van der Waals surface area contributed by atoms with Crippen molar-refractivity contribution in [1.29, 1.82) is 0 Å². The van der Waals surface area contributed by atoms with Crippen LogP contribution in [0.5, 0.6) is 5.75 Å². The molecule has 0 saturated carbocycles. The summed E-state index contributed by atoms with van der Waals surface area (Å²) in [6, 6.07) is 12.3. The number of phenolic OH excluding ortho intramolecular Hbond substituents is 1. The molecule has 0 unspecified atom stereocenters. The van der Waals surface area contributed by atoms with Crippen LogP contribution in [0.15, 0.2) is 36.4 Å². The van der Waals surface area contributed by atoms with Crippen LogP contribution in [-0.4, -0.2) is 46.2 Å². The zero-order valence-corrected chi connectivity index (χ0v) is 26.1. The minimum absolute atomic E-state index is 0.196. The van der Waals surface area contributed by atoms with E-state index in [9.17, 15) is 9.90 Å². The Balaban J connectivity index is 0.000000976. The Labute approximate surface area is 239 Å². The van der Waals surface area contributed by atoms with Gasteiger partial charge in [0, 0.05) is 49.4 Å². The Hall–Kier alpha value is -2.50. The van der Waals surface area contributed by atoms with Gasteiger partial charge in [-0.2, -0.15) is 5.12 Å². The molecule has 39 heavy (non-hydrogen) atoms. The van der Waals surface area contributed by atoms with Gasteiger partial charge in [-0.3, -0.25) is 15.2 Å². The molecule has 11 heteroatoms. The van der Waals surface area contributed by atoms with Crippen molar-refractivity contribution < 1.29 is 23.2 Å². The number of carbonyl (C=O) groups excluding carboxylic acids is 1. The molecule has 0 bridgehead atoms. The molecule has 0 atom stereocenters. The quantitative estimate of drug-likeness (QED) is 0.253. The molecule has 0 aromatic heterocycles. The predicted molar refractivity (Wildman–Crippen MR) is 161 cm³/mol. The normalized spacial score (nSPS) is 13.0. The lowest BCUT2D eigenvalue weighted by atomic mass is 9.86. The molecule has 0 fully saturated rings. The van der Waals surface area contributed by atoms with Crippen LogP contribution >= 0.6 is 11.6 Å². The first kappa shape index (κ1) is 32.7. The van der Waals surface area contributed by atoms with Crippen LogP contribution in [0.4, 0.5) is 17.1 Å². The predicted octanol–water partition coefficient (Wildman–Crippen LogP) is 6.23. The number of nitrogens with zero attached hydrogens (tertiary/aromatic N) is 2. The van der Waals surface area contributed by atoms with Gasteiger partial charge >= 0.3 is 8.80 Å². The number of fused-ring (bicyclic) bond motifs is 1. The maximum Gasteiger partial charge on any atom is 0.500 e. The molecule has 0 aliphatic carbocycles. The van der Waals surface area contributed by atoms with E-state index in [-0.39, 0.29) is 17.1 Å². The Bertz CT molecular complexity index is 1070. The number of rotatable bonds is 12. The van der Waals surface area contributed by atoms with Gasteiger partial charge in [0.1, 0.15) is 11.4 Å². The van der Waals surface area contributed by atoms with Gasteiger partial charge in [0.25, 0.3) is 0 Å². The summed E-state index contributed by atoms with van der Waals surface area (Å²) in [6.45, 7) is 16.2. The number of hydrogen-bond donors (Lipinski definition) is 3. The number of aromatic hydroxyl groups is 1. The van der Waals surface area contributed by atoms with Gasteiger partial charge in [0.15, 0.2) is 0 Å². The Morgan fingerprint density at radius 2 is 1.62 bits per heavy atom. The fourth-order valence-electron chi connectivity index (χ4n) is 4.27. The van der Waals surface area contributed by atoms with Crippen molar-refractivity contribution in [2.24, 2.45) is 5.73 Å². The summed E-state index contributed by atoms with van der Waals surface area (Å²) in [5.41, 5.74) is 11.3. The monoisotopic (exact) mass is 580 g/mol. The smallest absolute Gasteiger partial charge is 0.500 e. The highest BCUT2D eigenvalue weighted by molar-refractivity contribution is 6.60. The number of nitrogens with one attached hydrogen (secondary N) is 1. The molecule has 1 heterocycles. The van der Waals surface area contributed by atoms with Crippen molar-refractivity contribution in [2.45, 2.75) is 72.8 Å². The molecule has 2 aromatic rings. The number of halogens is 1. The van der Waals surface area contributed by atoms with E-state index < -0.39 is 8.80 Å². The summed E-state index contributed by atoms with van der Waals surface area (Å²) < 4.78 is 18.1. The average Bonchev–Trinajstić information content (AvgIpc) is 3.21. The van der Waals surface area contributed by atoms with Crippen molar-refractivity contribution in [2.75, 3.05) is 41.9 Å². The number of benzene rings is 2. The molecule has 1 aliphatic rings. The topological polar surface area (TPSA) is 110 Å². The van der Waals surface area contributed by atoms with Crippen molar-refractivity contribution in [3.8, 4) is 5.75 Å². The van der Waals surface area contributed by atoms with Crippen LogP contribution in [0.1, 0.15) is 66.9 Å². The third kappa shape index (κ3) is 8.74. The van der Waals surface area contributed by atoms with Crippen molar-refractivity contribution in [3.05, 3.63) is 47.0 Å². The summed E-state index contributed by atoms with van der Waals surface area (Å²) in [7, 11) is -2.75. The highest BCUT2D eigenvalue weighted by atomic mass is 35.5. The molecule has 0 saturated heterocycles. The second-order valence-electron chi connectivity index (χ2n) is 10.0. The van der Waals surface area contributed by atoms with E-state index in [1.807, 2.05) is 62.3 Å². The number of nitrogens with two attached hydrogens (primary N) is 1. The van der Waals surface area contributed by atoms with Crippen LogP contribution in [-0.2, 0) is 23.5 Å². The molecule has 2 aromatic carbocycles. The lowest BCUT2D eigenvalue weighted by molar-refractivity contribution is -0.117. The number of phenols is 1. The highest BCUT2D eigenvalue weighted by Crippen LogP contribution is 2.44. The summed E-state index contributed by atoms with van der Waals surface area (Å²) in [5, 5.41) is 15.9. The fraction of sp³-hybridized carbons (Fsp3) is 0.536. The Morgan fingerprint density at radius 3 is 2.13 bits per heavy atom. The largest absolute Gasteiger partial charge is 0.505 e. The van der Waals surface area contributed by atoms with E-state index in [0.29, 0.717) is 49.5 Å². The SMILES string of the molecule is CCC(N)=O.CCO[Si](CCCN1c2ccc(Cl)cc2NN1c1cccc(C(C)(C)C)c1O)(OCC)OCC. The summed E-state index contributed by atoms with van der Waals surface area (Å²) in [4.78, 5) is 9.59. The molecule has 4 N–H and O–H groups in total. The van der Waals surface area contributed by atoms with Gasteiger partial charge in [0.2, 0.25) is 5.91 Å². The number of amides is 1. The minimum Gasteiger partial charge on any atom is -0.505 e. The van der Waals surface area contributed by atoms with Gasteiger partial charge in [-0.25, -0.2) is 0 Å².